The molecule has 0 saturated heterocycles. The molecule has 1 aromatic heterocycles. The Morgan fingerprint density at radius 3 is 2.38 bits per heavy atom. The molecule has 0 bridgehead atoms. The first-order valence-corrected chi connectivity index (χ1v) is 6.88. The molecule has 12 heteroatoms. The second kappa shape index (κ2) is 6.30. The number of hydrogen-bond acceptors (Lipinski definition) is 6. The number of nitrogens with zero attached hydrogens (tertiary/aromatic N) is 3. The number of aromatic nitrogens is 2. The first-order chi connectivity index (χ1) is 9.45. The van der Waals surface area contributed by atoms with E-state index in [0.29, 0.717) is 30.2 Å². The molecule has 0 N–H and O–H groups in total. The molecule has 1 amide bonds. The van der Waals surface area contributed by atoms with Gasteiger partial charge < -0.3 is 9.64 Å². The van der Waals surface area contributed by atoms with Crippen LogP contribution in [-0.2, 0) is 0 Å². The molecule has 1 atom stereocenters. The highest BCUT2D eigenvalue weighted by Gasteiger charge is 2.62. The standard InChI is InChI=1S/C9H10F5N3O2S2/c1-4(8(10,11)9(12,13)14)19-6-15-5(16-21-6)20-7(18)17(2)3/h4H,1-3H3. The summed E-state index contributed by atoms with van der Waals surface area (Å²) in [5.41, 5.74) is 0. The smallest absolute Gasteiger partial charge is 0.457 e. The number of carbonyl (C=O) groups is 1. The van der Waals surface area contributed by atoms with Crippen LogP contribution in [0.15, 0.2) is 5.16 Å². The lowest BCUT2D eigenvalue weighted by atomic mass is 10.2. The number of carbonyl (C=O) groups excluding carboxylic acids is 1. The van der Waals surface area contributed by atoms with Gasteiger partial charge in [0.2, 0.25) is 5.16 Å². The quantitative estimate of drug-likeness (QED) is 0.616. The Labute approximate surface area is 124 Å². The lowest BCUT2D eigenvalue weighted by Gasteiger charge is -2.25. The summed E-state index contributed by atoms with van der Waals surface area (Å²) >= 11 is 1.08. The predicted molar refractivity (Wildman–Crippen MR) is 65.9 cm³/mol. The molecule has 0 aliphatic rings. The van der Waals surface area contributed by atoms with Crippen LogP contribution in [0.25, 0.3) is 0 Å². The van der Waals surface area contributed by atoms with Gasteiger partial charge in [0.1, 0.15) is 0 Å². The number of thioether (sulfide) groups is 1. The molecule has 1 unspecified atom stereocenters. The number of hydrogen-bond donors (Lipinski definition) is 0. The van der Waals surface area contributed by atoms with Gasteiger partial charge in [-0.1, -0.05) is 0 Å². The summed E-state index contributed by atoms with van der Waals surface area (Å²) in [6.45, 7) is 0.576. The van der Waals surface area contributed by atoms with Crippen molar-refractivity contribution in [1.82, 2.24) is 14.3 Å². The zero-order chi connectivity index (χ0) is 16.4. The molecule has 1 rings (SSSR count). The molecule has 0 radical (unpaired) electrons. The number of ether oxygens (including phenoxy) is 1. The van der Waals surface area contributed by atoms with E-state index in [4.69, 9.17) is 0 Å². The van der Waals surface area contributed by atoms with Crippen LogP contribution < -0.4 is 4.74 Å². The third kappa shape index (κ3) is 4.40. The molecule has 0 aromatic carbocycles. The minimum atomic E-state index is -5.73. The van der Waals surface area contributed by atoms with E-state index in [2.05, 4.69) is 14.1 Å². The number of amides is 1. The van der Waals surface area contributed by atoms with Gasteiger partial charge in [0, 0.05) is 37.4 Å². The minimum Gasteiger partial charge on any atom is -0.459 e. The maximum Gasteiger partial charge on any atom is 0.457 e. The molecule has 0 aliphatic heterocycles. The Morgan fingerprint density at radius 1 is 1.33 bits per heavy atom. The van der Waals surface area contributed by atoms with E-state index in [0.717, 1.165) is 0 Å². The maximum absolute atomic E-state index is 13.0. The SMILES string of the molecule is CC(Oc1nc(SC(=O)N(C)C)ns1)C(F)(F)C(F)(F)F. The van der Waals surface area contributed by atoms with Crippen LogP contribution in [0, 0.1) is 0 Å². The van der Waals surface area contributed by atoms with Crippen LogP contribution in [0.4, 0.5) is 26.7 Å². The largest absolute Gasteiger partial charge is 0.459 e. The van der Waals surface area contributed by atoms with Gasteiger partial charge >= 0.3 is 12.1 Å². The van der Waals surface area contributed by atoms with Gasteiger partial charge in [-0.3, -0.25) is 4.79 Å². The fraction of sp³-hybridized carbons (Fsp3) is 0.667. The predicted octanol–water partition coefficient (Wildman–Crippen LogP) is 3.28. The Morgan fingerprint density at radius 2 is 1.90 bits per heavy atom. The van der Waals surface area contributed by atoms with Crippen molar-refractivity contribution in [3.8, 4) is 5.19 Å². The van der Waals surface area contributed by atoms with Crippen molar-refractivity contribution in [2.45, 2.75) is 30.3 Å². The summed E-state index contributed by atoms with van der Waals surface area (Å²) in [6, 6.07) is 0. The molecule has 21 heavy (non-hydrogen) atoms. The van der Waals surface area contributed by atoms with Crippen LogP contribution >= 0.6 is 23.3 Å². The highest BCUT2D eigenvalue weighted by atomic mass is 32.2. The molecule has 120 valence electrons. The fourth-order valence-electron chi connectivity index (χ4n) is 0.911. The van der Waals surface area contributed by atoms with Gasteiger partial charge in [-0.05, 0) is 6.92 Å². The summed E-state index contributed by atoms with van der Waals surface area (Å²) < 4.78 is 70.4. The van der Waals surface area contributed by atoms with Gasteiger partial charge in [0.25, 0.3) is 10.4 Å². The fourth-order valence-corrected chi connectivity index (χ4v) is 2.21. The number of halogens is 5. The second-order valence-corrected chi connectivity index (χ2v) is 5.62. The van der Waals surface area contributed by atoms with E-state index < -0.39 is 28.6 Å². The zero-order valence-electron chi connectivity index (χ0n) is 10.9. The van der Waals surface area contributed by atoms with Crippen molar-refractivity contribution in [3.05, 3.63) is 0 Å². The third-order valence-electron chi connectivity index (χ3n) is 2.10. The molecular formula is C9H10F5N3O2S2. The van der Waals surface area contributed by atoms with Crippen LogP contribution in [-0.4, -0.2) is 51.8 Å². The second-order valence-electron chi connectivity index (χ2n) is 3.99. The molecule has 1 heterocycles. The van der Waals surface area contributed by atoms with Gasteiger partial charge in [-0.25, -0.2) is 0 Å². The van der Waals surface area contributed by atoms with Crippen molar-refractivity contribution < 1.29 is 31.5 Å². The van der Waals surface area contributed by atoms with Gasteiger partial charge in [0.15, 0.2) is 6.10 Å². The first-order valence-electron chi connectivity index (χ1n) is 5.29. The normalized spacial score (nSPS) is 13.9. The Bertz CT molecular complexity index is 506. The van der Waals surface area contributed by atoms with Crippen LogP contribution in [0.2, 0.25) is 0 Å². The number of alkyl halides is 5. The molecule has 0 spiro atoms. The summed E-state index contributed by atoms with van der Waals surface area (Å²) in [5, 5.41) is -0.982. The van der Waals surface area contributed by atoms with Crippen molar-refractivity contribution >= 4 is 28.5 Å². The highest BCUT2D eigenvalue weighted by Crippen LogP contribution is 2.39. The van der Waals surface area contributed by atoms with E-state index >= 15 is 0 Å². The van der Waals surface area contributed by atoms with E-state index in [1.165, 1.54) is 19.0 Å². The number of rotatable bonds is 4. The van der Waals surface area contributed by atoms with Gasteiger partial charge in [0.05, 0.1) is 0 Å². The summed E-state index contributed by atoms with van der Waals surface area (Å²) in [6.07, 6.45) is -8.19. The Balaban J connectivity index is 2.73. The maximum atomic E-state index is 13.0. The van der Waals surface area contributed by atoms with E-state index in [1.807, 2.05) is 0 Å². The summed E-state index contributed by atoms with van der Waals surface area (Å²) in [7, 11) is 2.95. The molecule has 0 fully saturated rings. The molecule has 5 nitrogen and oxygen atoms in total. The molecule has 0 aliphatic carbocycles. The van der Waals surface area contributed by atoms with E-state index in [9.17, 15) is 26.7 Å². The monoisotopic (exact) mass is 351 g/mol. The van der Waals surface area contributed by atoms with Crippen molar-refractivity contribution in [2.75, 3.05) is 14.1 Å². The van der Waals surface area contributed by atoms with Crippen LogP contribution in [0.1, 0.15) is 6.92 Å². The molecule has 0 saturated carbocycles. The lowest BCUT2D eigenvalue weighted by Crippen LogP contribution is -2.48. The summed E-state index contributed by atoms with van der Waals surface area (Å²) in [4.78, 5) is 16.1. The van der Waals surface area contributed by atoms with E-state index in [-0.39, 0.29) is 5.16 Å². The molecular weight excluding hydrogens is 341 g/mol. The van der Waals surface area contributed by atoms with E-state index in [1.54, 1.807) is 0 Å². The first kappa shape index (κ1) is 17.9. The van der Waals surface area contributed by atoms with Crippen LogP contribution in [0.5, 0.6) is 5.19 Å². The Hall–Kier alpha value is -1.17. The zero-order valence-corrected chi connectivity index (χ0v) is 12.6. The van der Waals surface area contributed by atoms with Gasteiger partial charge in [-0.2, -0.15) is 31.3 Å². The third-order valence-corrected chi connectivity index (χ3v) is 3.73. The Kier molecular flexibility index (Phi) is 5.36. The van der Waals surface area contributed by atoms with Crippen molar-refractivity contribution in [1.29, 1.82) is 0 Å². The van der Waals surface area contributed by atoms with Crippen LogP contribution in [0.3, 0.4) is 0 Å². The lowest BCUT2D eigenvalue weighted by molar-refractivity contribution is -0.306. The topological polar surface area (TPSA) is 55.3 Å². The minimum absolute atomic E-state index is 0.0868. The van der Waals surface area contributed by atoms with Crippen molar-refractivity contribution in [3.63, 3.8) is 0 Å². The molecule has 1 aromatic rings. The van der Waals surface area contributed by atoms with Crippen molar-refractivity contribution in [2.24, 2.45) is 0 Å². The van der Waals surface area contributed by atoms with Gasteiger partial charge in [-0.15, -0.1) is 0 Å². The average Bonchev–Trinajstić information content (AvgIpc) is 2.74. The highest BCUT2D eigenvalue weighted by molar-refractivity contribution is 8.13. The summed E-state index contributed by atoms with van der Waals surface area (Å²) in [5.74, 6) is -5.02. The average molecular weight is 351 g/mol.